The number of hydrazine groups is 1. The van der Waals surface area contributed by atoms with Crippen LogP contribution in [0.15, 0.2) is 48.5 Å². The minimum absolute atomic E-state index is 0.0926. The highest BCUT2D eigenvalue weighted by atomic mass is 16.3. The van der Waals surface area contributed by atoms with E-state index in [0.29, 0.717) is 12.1 Å². The second kappa shape index (κ2) is 9.09. The van der Waals surface area contributed by atoms with E-state index in [4.69, 9.17) is 21.1 Å². The number of anilines is 1. The lowest BCUT2D eigenvalue weighted by atomic mass is 10.3. The Hall–Kier alpha value is -2.93. The van der Waals surface area contributed by atoms with Gasteiger partial charge in [0.15, 0.2) is 0 Å². The molecule has 0 atom stereocenters. The number of nitrogen functional groups attached to an aromatic ring is 1. The van der Waals surface area contributed by atoms with Gasteiger partial charge in [0.05, 0.1) is 5.69 Å². The second-order valence-corrected chi connectivity index (χ2v) is 4.30. The van der Waals surface area contributed by atoms with Gasteiger partial charge >= 0.3 is 0 Å². The smallest absolute Gasteiger partial charge is 0.235 e. The van der Waals surface area contributed by atoms with Crippen molar-refractivity contribution in [3.63, 3.8) is 0 Å². The Bertz CT molecular complexity index is 538. The molecule has 7 heteroatoms. The number of phenols is 3. The zero-order chi connectivity index (χ0) is 16.4. The van der Waals surface area contributed by atoms with Gasteiger partial charge in [-0.2, -0.15) is 0 Å². The van der Waals surface area contributed by atoms with Gasteiger partial charge in [0, 0.05) is 13.0 Å². The molecular formula is C15H19N3O4. The van der Waals surface area contributed by atoms with E-state index in [-0.39, 0.29) is 23.2 Å². The zero-order valence-corrected chi connectivity index (χ0v) is 11.9. The number of carbonyl (C=O) groups is 1. The molecule has 1 saturated heterocycles. The average Bonchev–Trinajstić information content (AvgIpc) is 2.98. The molecule has 2 aromatic carbocycles. The van der Waals surface area contributed by atoms with Gasteiger partial charge in [-0.3, -0.25) is 10.2 Å². The Morgan fingerprint density at radius 3 is 1.73 bits per heavy atom. The monoisotopic (exact) mass is 305 g/mol. The van der Waals surface area contributed by atoms with Crippen LogP contribution < -0.4 is 16.6 Å². The van der Waals surface area contributed by atoms with Gasteiger partial charge in [-0.15, -0.1) is 0 Å². The molecule has 1 heterocycles. The fourth-order valence-electron chi connectivity index (χ4n) is 1.34. The Kier molecular flexibility index (Phi) is 7.07. The number of phenolic OH excluding ortho intramolecular Hbond substituents is 3. The maximum atomic E-state index is 10.1. The van der Waals surface area contributed by atoms with Crippen molar-refractivity contribution in [3.05, 3.63) is 48.5 Å². The Labute approximate surface area is 128 Å². The van der Waals surface area contributed by atoms with Crippen molar-refractivity contribution in [3.8, 4) is 17.2 Å². The molecule has 0 radical (unpaired) electrons. The van der Waals surface area contributed by atoms with Crippen molar-refractivity contribution in [2.24, 2.45) is 0 Å². The summed E-state index contributed by atoms with van der Waals surface area (Å²) >= 11 is 0. The number of hydrogen-bond acceptors (Lipinski definition) is 6. The van der Waals surface area contributed by atoms with E-state index in [1.54, 1.807) is 24.3 Å². The van der Waals surface area contributed by atoms with Gasteiger partial charge < -0.3 is 21.1 Å². The number of aromatic hydroxyl groups is 3. The summed E-state index contributed by atoms with van der Waals surface area (Å²) in [5.41, 5.74) is 10.8. The zero-order valence-electron chi connectivity index (χ0n) is 11.9. The van der Waals surface area contributed by atoms with Crippen LogP contribution in [0.2, 0.25) is 0 Å². The van der Waals surface area contributed by atoms with Crippen LogP contribution in [0, 0.1) is 0 Å². The van der Waals surface area contributed by atoms with Crippen LogP contribution in [0.3, 0.4) is 0 Å². The van der Waals surface area contributed by atoms with Crippen LogP contribution in [0.1, 0.15) is 6.42 Å². The van der Waals surface area contributed by atoms with E-state index in [9.17, 15) is 4.79 Å². The standard InChI is InChI=1S/C6H7NO.C6H6O2.C3H6N2O/c7-5-3-1-2-4-6(5)8;7-5-1-2-6(8)4-3-5;6-3-1-2-4-5-3/h1-4,8H,7H2;1-4,7-8H;4H,1-2H2,(H,5,6). The molecule has 1 fully saturated rings. The van der Waals surface area contributed by atoms with E-state index in [1.165, 1.54) is 24.3 Å². The maximum absolute atomic E-state index is 10.1. The van der Waals surface area contributed by atoms with Crippen molar-refractivity contribution >= 4 is 11.6 Å². The van der Waals surface area contributed by atoms with Crippen LogP contribution in [0.4, 0.5) is 5.69 Å². The minimum Gasteiger partial charge on any atom is -0.508 e. The highest BCUT2D eigenvalue weighted by molar-refractivity contribution is 5.77. The third kappa shape index (κ3) is 7.01. The Morgan fingerprint density at radius 2 is 1.45 bits per heavy atom. The van der Waals surface area contributed by atoms with Crippen molar-refractivity contribution in [1.82, 2.24) is 10.9 Å². The molecule has 1 amide bonds. The van der Waals surface area contributed by atoms with Gasteiger partial charge in [0.25, 0.3) is 0 Å². The number of rotatable bonds is 0. The summed E-state index contributed by atoms with van der Waals surface area (Å²) in [6.07, 6.45) is 0.625. The van der Waals surface area contributed by atoms with Gasteiger partial charge in [0.1, 0.15) is 17.2 Å². The number of para-hydroxylation sites is 2. The number of nitrogens with one attached hydrogen (secondary N) is 2. The van der Waals surface area contributed by atoms with Gasteiger partial charge in [-0.1, -0.05) is 12.1 Å². The summed E-state index contributed by atoms with van der Waals surface area (Å²) in [7, 11) is 0. The van der Waals surface area contributed by atoms with Crippen LogP contribution in [-0.2, 0) is 4.79 Å². The molecule has 0 bridgehead atoms. The van der Waals surface area contributed by atoms with E-state index >= 15 is 0 Å². The molecule has 1 aliphatic rings. The van der Waals surface area contributed by atoms with Gasteiger partial charge in [0.2, 0.25) is 5.91 Å². The van der Waals surface area contributed by atoms with Crippen LogP contribution >= 0.6 is 0 Å². The van der Waals surface area contributed by atoms with Crippen molar-refractivity contribution in [2.75, 3.05) is 12.3 Å². The number of amides is 1. The normalized spacial score (nSPS) is 12.3. The van der Waals surface area contributed by atoms with Crippen molar-refractivity contribution in [1.29, 1.82) is 0 Å². The largest absolute Gasteiger partial charge is 0.508 e. The summed E-state index contributed by atoms with van der Waals surface area (Å²) in [6, 6.07) is 12.4. The molecule has 1 aliphatic heterocycles. The average molecular weight is 305 g/mol. The lowest BCUT2D eigenvalue weighted by molar-refractivity contribution is -0.119. The molecule has 118 valence electrons. The Balaban J connectivity index is 0.000000167. The first-order valence-corrected chi connectivity index (χ1v) is 6.52. The highest BCUT2D eigenvalue weighted by Gasteiger charge is 2.04. The van der Waals surface area contributed by atoms with Crippen LogP contribution in [0.25, 0.3) is 0 Å². The molecule has 7 nitrogen and oxygen atoms in total. The SMILES string of the molecule is Nc1ccccc1O.O=C1CCNN1.Oc1ccc(O)cc1. The molecular weight excluding hydrogens is 286 g/mol. The molecule has 3 rings (SSSR count). The first kappa shape index (κ1) is 17.1. The molecule has 0 aromatic heterocycles. The molecule has 2 aromatic rings. The fraction of sp³-hybridized carbons (Fsp3) is 0.133. The number of benzene rings is 2. The van der Waals surface area contributed by atoms with E-state index in [1.807, 2.05) is 0 Å². The number of nitrogens with two attached hydrogens (primary N) is 1. The molecule has 7 N–H and O–H groups in total. The summed E-state index contributed by atoms with van der Waals surface area (Å²) in [4.78, 5) is 10.1. The van der Waals surface area contributed by atoms with E-state index < -0.39 is 0 Å². The predicted molar refractivity (Wildman–Crippen MR) is 83.1 cm³/mol. The first-order chi connectivity index (χ1) is 10.5. The van der Waals surface area contributed by atoms with E-state index in [2.05, 4.69) is 10.9 Å². The van der Waals surface area contributed by atoms with Gasteiger partial charge in [-0.25, -0.2) is 5.43 Å². The summed E-state index contributed by atoms with van der Waals surface area (Å²) < 4.78 is 0. The molecule has 22 heavy (non-hydrogen) atoms. The predicted octanol–water partition coefficient (Wildman–Crippen LogP) is 1.08. The first-order valence-electron chi connectivity index (χ1n) is 6.52. The third-order valence-electron chi connectivity index (χ3n) is 2.49. The van der Waals surface area contributed by atoms with Crippen molar-refractivity contribution < 1.29 is 20.1 Å². The third-order valence-corrected chi connectivity index (χ3v) is 2.49. The van der Waals surface area contributed by atoms with Gasteiger partial charge in [-0.05, 0) is 36.4 Å². The quantitative estimate of drug-likeness (QED) is 0.245. The van der Waals surface area contributed by atoms with E-state index in [0.717, 1.165) is 6.54 Å². The number of hydrogen-bond donors (Lipinski definition) is 6. The maximum Gasteiger partial charge on any atom is 0.235 e. The topological polar surface area (TPSA) is 128 Å². The molecule has 0 unspecified atom stereocenters. The lowest BCUT2D eigenvalue weighted by Gasteiger charge is -1.92. The summed E-state index contributed by atoms with van der Waals surface area (Å²) in [5, 5.41) is 26.1. The summed E-state index contributed by atoms with van der Waals surface area (Å²) in [5.74, 6) is 0.577. The van der Waals surface area contributed by atoms with Crippen LogP contribution in [-0.4, -0.2) is 27.8 Å². The van der Waals surface area contributed by atoms with Crippen LogP contribution in [0.5, 0.6) is 17.2 Å². The van der Waals surface area contributed by atoms with Crippen molar-refractivity contribution in [2.45, 2.75) is 6.42 Å². The molecule has 0 aliphatic carbocycles. The lowest BCUT2D eigenvalue weighted by Crippen LogP contribution is -2.25. The highest BCUT2D eigenvalue weighted by Crippen LogP contribution is 2.16. The minimum atomic E-state index is 0.0926. The molecule has 0 saturated carbocycles. The Morgan fingerprint density at radius 1 is 0.909 bits per heavy atom. The second-order valence-electron chi connectivity index (χ2n) is 4.30. The number of carbonyl (C=O) groups excluding carboxylic acids is 1. The fourth-order valence-corrected chi connectivity index (χ4v) is 1.34. The molecule has 0 spiro atoms. The summed E-state index contributed by atoms with van der Waals surface area (Å²) in [6.45, 7) is 0.777.